The molecule has 0 amide bonds. The molecule has 0 spiro atoms. The number of esters is 1. The summed E-state index contributed by atoms with van der Waals surface area (Å²) in [7, 11) is 0. The Labute approximate surface area is 256 Å². The zero-order valence-electron chi connectivity index (χ0n) is 24.9. The molecular formula is C32H31N3O8S. The van der Waals surface area contributed by atoms with Crippen LogP contribution in [0.4, 0.5) is 5.69 Å². The number of nitro benzene ring substituents is 1. The molecule has 4 aromatic rings. The number of furan rings is 1. The van der Waals surface area contributed by atoms with E-state index in [9.17, 15) is 19.7 Å². The lowest BCUT2D eigenvalue weighted by molar-refractivity contribution is -0.385. The van der Waals surface area contributed by atoms with Crippen molar-refractivity contribution in [1.29, 1.82) is 0 Å². The summed E-state index contributed by atoms with van der Waals surface area (Å²) in [6.07, 6.45) is 1.60. The minimum Gasteiger partial charge on any atom is -0.490 e. The summed E-state index contributed by atoms with van der Waals surface area (Å²) in [5, 5.41) is 11.4. The maximum absolute atomic E-state index is 14.0. The van der Waals surface area contributed by atoms with Crippen molar-refractivity contribution in [3.05, 3.63) is 106 Å². The van der Waals surface area contributed by atoms with E-state index in [1.807, 2.05) is 13.8 Å². The zero-order valence-corrected chi connectivity index (χ0v) is 25.7. The molecule has 11 nitrogen and oxygen atoms in total. The Morgan fingerprint density at radius 3 is 2.50 bits per heavy atom. The number of carbonyl (C=O) groups is 1. The van der Waals surface area contributed by atoms with Gasteiger partial charge in [0.15, 0.2) is 16.3 Å². The summed E-state index contributed by atoms with van der Waals surface area (Å²) >= 11 is 1.16. The van der Waals surface area contributed by atoms with Gasteiger partial charge < -0.3 is 18.6 Å². The van der Waals surface area contributed by atoms with Gasteiger partial charge in [-0.2, -0.15) is 0 Å². The SMILES string of the molecule is CCOC(=O)C1=C(C)N=c2s/c(=C\c3ccc(-c4ccc(C)c([N+](=O)[O-])c4)o3)c(=O)n2[C@@H]1c1ccc(OCC)c(OCC)c1. The molecule has 228 valence electrons. The van der Waals surface area contributed by atoms with E-state index in [2.05, 4.69) is 4.99 Å². The Bertz CT molecular complexity index is 1970. The van der Waals surface area contributed by atoms with Gasteiger partial charge in [0, 0.05) is 23.3 Å². The van der Waals surface area contributed by atoms with Crippen LogP contribution in [-0.2, 0) is 9.53 Å². The maximum Gasteiger partial charge on any atom is 0.338 e. The molecule has 1 aliphatic heterocycles. The van der Waals surface area contributed by atoms with Crippen molar-refractivity contribution in [3.8, 4) is 22.8 Å². The summed E-state index contributed by atoms with van der Waals surface area (Å²) in [6, 6.07) is 12.7. The highest BCUT2D eigenvalue weighted by Gasteiger charge is 2.34. The van der Waals surface area contributed by atoms with Gasteiger partial charge in [0.05, 0.1) is 46.6 Å². The second kappa shape index (κ2) is 12.7. The first-order chi connectivity index (χ1) is 21.2. The minimum atomic E-state index is -0.831. The van der Waals surface area contributed by atoms with Crippen LogP contribution in [0.1, 0.15) is 50.6 Å². The second-order valence-corrected chi connectivity index (χ2v) is 10.8. The van der Waals surface area contributed by atoms with Crippen molar-refractivity contribution in [3.63, 3.8) is 0 Å². The van der Waals surface area contributed by atoms with Gasteiger partial charge in [-0.15, -0.1) is 0 Å². The number of nitrogens with zero attached hydrogens (tertiary/aromatic N) is 3. The van der Waals surface area contributed by atoms with Crippen LogP contribution in [0.3, 0.4) is 0 Å². The third kappa shape index (κ3) is 5.80. The average molecular weight is 618 g/mol. The van der Waals surface area contributed by atoms with Crippen molar-refractivity contribution in [2.24, 2.45) is 4.99 Å². The van der Waals surface area contributed by atoms with Crippen LogP contribution in [0.15, 0.2) is 74.0 Å². The number of fused-ring (bicyclic) bond motifs is 1. The van der Waals surface area contributed by atoms with Gasteiger partial charge in [0.1, 0.15) is 11.5 Å². The van der Waals surface area contributed by atoms with E-state index >= 15 is 0 Å². The first-order valence-electron chi connectivity index (χ1n) is 14.1. The largest absolute Gasteiger partial charge is 0.490 e. The number of aromatic nitrogens is 1. The first-order valence-corrected chi connectivity index (χ1v) is 14.9. The summed E-state index contributed by atoms with van der Waals surface area (Å²) in [5.41, 5.74) is 2.02. The van der Waals surface area contributed by atoms with Crippen LogP contribution < -0.4 is 24.4 Å². The Morgan fingerprint density at radius 1 is 1.05 bits per heavy atom. The number of ether oxygens (including phenoxy) is 3. The van der Waals surface area contributed by atoms with Gasteiger partial charge >= 0.3 is 5.97 Å². The number of hydrogen-bond acceptors (Lipinski definition) is 10. The van der Waals surface area contributed by atoms with Crippen molar-refractivity contribution in [1.82, 2.24) is 4.57 Å². The number of thiazole rings is 1. The molecule has 2 aromatic heterocycles. The minimum absolute atomic E-state index is 0.0108. The number of aryl methyl sites for hydroxylation is 1. The third-order valence-electron chi connectivity index (χ3n) is 6.99. The lowest BCUT2D eigenvalue weighted by Gasteiger charge is -2.25. The molecule has 0 aliphatic carbocycles. The van der Waals surface area contributed by atoms with E-state index in [1.165, 1.54) is 10.6 Å². The summed E-state index contributed by atoms with van der Waals surface area (Å²) in [6.45, 7) is 9.83. The lowest BCUT2D eigenvalue weighted by atomic mass is 9.95. The molecule has 0 unspecified atom stereocenters. The van der Waals surface area contributed by atoms with Gasteiger partial charge in [-0.05, 0) is 64.4 Å². The van der Waals surface area contributed by atoms with Crippen LogP contribution in [0, 0.1) is 17.0 Å². The second-order valence-electron chi connectivity index (χ2n) is 9.83. The number of rotatable bonds is 10. The molecule has 2 aromatic carbocycles. The van der Waals surface area contributed by atoms with E-state index in [0.29, 0.717) is 68.0 Å². The van der Waals surface area contributed by atoms with E-state index in [1.54, 1.807) is 69.3 Å². The normalized spacial score (nSPS) is 14.7. The van der Waals surface area contributed by atoms with E-state index in [4.69, 9.17) is 18.6 Å². The highest BCUT2D eigenvalue weighted by Crippen LogP contribution is 2.36. The predicted octanol–water partition coefficient (Wildman–Crippen LogP) is 5.07. The van der Waals surface area contributed by atoms with Gasteiger partial charge in [0.2, 0.25) is 0 Å². The van der Waals surface area contributed by atoms with Crippen molar-refractivity contribution < 1.29 is 28.3 Å². The quantitative estimate of drug-likeness (QED) is 0.137. The highest BCUT2D eigenvalue weighted by molar-refractivity contribution is 7.07. The lowest BCUT2D eigenvalue weighted by Crippen LogP contribution is -2.40. The van der Waals surface area contributed by atoms with E-state index in [-0.39, 0.29) is 23.4 Å². The Hall–Kier alpha value is -4.97. The number of nitro groups is 1. The standard InChI is InChI=1S/C32H31N3O8S/c1-6-40-25-13-11-21(16-26(25)41-7-2)29-28(31(37)42-8-3)19(5)33-32-34(29)30(36)27(44-32)17-22-12-14-24(43-22)20-10-9-18(4)23(15-20)35(38)39/h9-17,29H,6-8H2,1-5H3/b27-17-/t29-/m1/s1. The average Bonchev–Trinajstić information content (AvgIpc) is 3.58. The fraction of sp³-hybridized carbons (Fsp3) is 0.281. The van der Waals surface area contributed by atoms with Crippen LogP contribution in [0.25, 0.3) is 17.4 Å². The maximum atomic E-state index is 14.0. The molecular weight excluding hydrogens is 586 g/mol. The highest BCUT2D eigenvalue weighted by atomic mass is 32.1. The van der Waals surface area contributed by atoms with Crippen molar-refractivity contribution in [2.75, 3.05) is 19.8 Å². The van der Waals surface area contributed by atoms with Gasteiger partial charge in [-0.1, -0.05) is 29.5 Å². The topological polar surface area (TPSA) is 135 Å². The summed E-state index contributed by atoms with van der Waals surface area (Å²) in [5.74, 6) is 1.28. The van der Waals surface area contributed by atoms with Crippen LogP contribution in [0.2, 0.25) is 0 Å². The molecule has 3 heterocycles. The molecule has 0 radical (unpaired) electrons. The van der Waals surface area contributed by atoms with E-state index in [0.717, 1.165) is 11.3 Å². The Balaban J connectivity index is 1.63. The molecule has 0 N–H and O–H groups in total. The van der Waals surface area contributed by atoms with Gasteiger partial charge in [-0.3, -0.25) is 19.5 Å². The summed E-state index contributed by atoms with van der Waals surface area (Å²) < 4.78 is 24.7. The molecule has 0 saturated carbocycles. The fourth-order valence-corrected chi connectivity index (χ4v) is 6.05. The third-order valence-corrected chi connectivity index (χ3v) is 7.97. The number of carbonyl (C=O) groups excluding carboxylic acids is 1. The Kier molecular flexibility index (Phi) is 8.81. The number of benzene rings is 2. The van der Waals surface area contributed by atoms with Crippen LogP contribution in [-0.4, -0.2) is 35.3 Å². The Morgan fingerprint density at radius 2 is 1.80 bits per heavy atom. The predicted molar refractivity (Wildman–Crippen MR) is 165 cm³/mol. The fourth-order valence-electron chi connectivity index (χ4n) is 5.02. The smallest absolute Gasteiger partial charge is 0.338 e. The zero-order chi connectivity index (χ0) is 31.5. The molecule has 1 aliphatic rings. The molecule has 1 atom stereocenters. The molecule has 0 saturated heterocycles. The number of hydrogen-bond donors (Lipinski definition) is 0. The van der Waals surface area contributed by atoms with Crippen LogP contribution in [0.5, 0.6) is 11.5 Å². The van der Waals surface area contributed by atoms with Gasteiger partial charge in [-0.25, -0.2) is 9.79 Å². The monoisotopic (exact) mass is 617 g/mol. The molecule has 12 heteroatoms. The summed E-state index contributed by atoms with van der Waals surface area (Å²) in [4.78, 5) is 43.2. The van der Waals surface area contributed by atoms with Crippen molar-refractivity contribution >= 4 is 29.1 Å². The molecule has 0 bridgehead atoms. The van der Waals surface area contributed by atoms with Crippen molar-refractivity contribution in [2.45, 2.75) is 40.7 Å². The van der Waals surface area contributed by atoms with E-state index < -0.39 is 16.9 Å². The van der Waals surface area contributed by atoms with Gasteiger partial charge in [0.25, 0.3) is 11.2 Å². The van der Waals surface area contributed by atoms with Crippen LogP contribution >= 0.6 is 11.3 Å². The molecule has 5 rings (SSSR count). The first kappa shape index (κ1) is 30.5. The molecule has 0 fully saturated rings. The molecule has 44 heavy (non-hydrogen) atoms. The number of allylic oxidation sites excluding steroid dienone is 1.